The minimum atomic E-state index is -0.174. The number of hydrogen-bond acceptors (Lipinski definition) is 4. The molecule has 19 heavy (non-hydrogen) atoms. The number of ether oxygens (including phenoxy) is 2. The van der Waals surface area contributed by atoms with Crippen LogP contribution >= 0.6 is 0 Å². The monoisotopic (exact) mass is 264 g/mol. The van der Waals surface area contributed by atoms with Gasteiger partial charge in [0.05, 0.1) is 14.2 Å². The quantitative estimate of drug-likeness (QED) is 0.898. The standard InChI is InChI=1S/C15H24N2O2/c1-17-8-4-7-15(16,11-17)10-12-9-13(18-2)5-6-14(12)19-3/h5-6,9H,4,7-8,10-11,16H2,1-3H3. The molecule has 1 aliphatic heterocycles. The summed E-state index contributed by atoms with van der Waals surface area (Å²) in [5.74, 6) is 1.74. The van der Waals surface area contributed by atoms with Gasteiger partial charge in [0.15, 0.2) is 0 Å². The fourth-order valence-corrected chi connectivity index (χ4v) is 2.94. The summed E-state index contributed by atoms with van der Waals surface area (Å²) in [7, 11) is 5.50. The van der Waals surface area contributed by atoms with Crippen LogP contribution < -0.4 is 15.2 Å². The summed E-state index contributed by atoms with van der Waals surface area (Å²) in [6, 6.07) is 5.89. The van der Waals surface area contributed by atoms with Crippen molar-refractivity contribution in [3.63, 3.8) is 0 Å². The molecule has 1 aliphatic rings. The number of benzene rings is 1. The van der Waals surface area contributed by atoms with Gasteiger partial charge < -0.3 is 20.1 Å². The van der Waals surface area contributed by atoms with E-state index in [2.05, 4.69) is 11.9 Å². The summed E-state index contributed by atoms with van der Waals surface area (Å²) in [4.78, 5) is 2.30. The second kappa shape index (κ2) is 5.80. The fraction of sp³-hybridized carbons (Fsp3) is 0.600. The molecule has 4 nitrogen and oxygen atoms in total. The summed E-state index contributed by atoms with van der Waals surface area (Å²) in [5, 5.41) is 0. The number of likely N-dealkylation sites (N-methyl/N-ethyl adjacent to an activating group) is 1. The van der Waals surface area contributed by atoms with E-state index in [0.717, 1.165) is 49.4 Å². The van der Waals surface area contributed by atoms with Crippen LogP contribution in [0.3, 0.4) is 0 Å². The first-order chi connectivity index (χ1) is 9.06. The zero-order chi connectivity index (χ0) is 13.9. The van der Waals surface area contributed by atoms with E-state index >= 15 is 0 Å². The predicted octanol–water partition coefficient (Wildman–Crippen LogP) is 1.67. The van der Waals surface area contributed by atoms with Crippen LogP contribution in [0.25, 0.3) is 0 Å². The molecule has 0 radical (unpaired) electrons. The molecule has 1 atom stereocenters. The van der Waals surface area contributed by atoms with Gasteiger partial charge in [-0.1, -0.05) is 0 Å². The highest BCUT2D eigenvalue weighted by Crippen LogP contribution is 2.30. The molecule has 0 spiro atoms. The lowest BCUT2D eigenvalue weighted by molar-refractivity contribution is 0.177. The van der Waals surface area contributed by atoms with Gasteiger partial charge in [-0.05, 0) is 56.6 Å². The Hall–Kier alpha value is -1.26. The van der Waals surface area contributed by atoms with Crippen LogP contribution in [0, 0.1) is 0 Å². The van der Waals surface area contributed by atoms with Crippen molar-refractivity contribution >= 4 is 0 Å². The van der Waals surface area contributed by atoms with Crippen molar-refractivity contribution in [1.82, 2.24) is 4.90 Å². The van der Waals surface area contributed by atoms with Crippen LogP contribution in [0.2, 0.25) is 0 Å². The lowest BCUT2D eigenvalue weighted by Crippen LogP contribution is -2.54. The van der Waals surface area contributed by atoms with Crippen LogP contribution in [0.15, 0.2) is 18.2 Å². The number of nitrogens with two attached hydrogens (primary N) is 1. The number of rotatable bonds is 4. The highest BCUT2D eigenvalue weighted by molar-refractivity contribution is 5.41. The largest absolute Gasteiger partial charge is 0.497 e. The molecule has 0 amide bonds. The number of piperidine rings is 1. The Balaban J connectivity index is 2.21. The maximum atomic E-state index is 6.56. The molecular weight excluding hydrogens is 240 g/mol. The second-order valence-corrected chi connectivity index (χ2v) is 5.56. The Morgan fingerprint density at radius 2 is 2.11 bits per heavy atom. The van der Waals surface area contributed by atoms with Crippen molar-refractivity contribution in [2.45, 2.75) is 24.8 Å². The van der Waals surface area contributed by atoms with Crippen molar-refractivity contribution < 1.29 is 9.47 Å². The van der Waals surface area contributed by atoms with Gasteiger partial charge in [-0.15, -0.1) is 0 Å². The Labute approximate surface area is 115 Å². The molecule has 1 heterocycles. The number of nitrogens with zero attached hydrogens (tertiary/aromatic N) is 1. The van der Waals surface area contributed by atoms with E-state index in [1.807, 2.05) is 18.2 Å². The fourth-order valence-electron chi connectivity index (χ4n) is 2.94. The third kappa shape index (κ3) is 3.39. The number of methoxy groups -OCH3 is 2. The first-order valence-corrected chi connectivity index (χ1v) is 6.75. The van der Waals surface area contributed by atoms with Crippen LogP contribution in [-0.4, -0.2) is 44.8 Å². The Morgan fingerprint density at radius 1 is 1.32 bits per heavy atom. The van der Waals surface area contributed by atoms with E-state index in [9.17, 15) is 0 Å². The minimum Gasteiger partial charge on any atom is -0.497 e. The van der Waals surface area contributed by atoms with Crippen molar-refractivity contribution in [3.8, 4) is 11.5 Å². The molecule has 1 aromatic rings. The average Bonchev–Trinajstić information content (AvgIpc) is 2.37. The highest BCUT2D eigenvalue weighted by atomic mass is 16.5. The summed E-state index contributed by atoms with van der Waals surface area (Å²) >= 11 is 0. The van der Waals surface area contributed by atoms with Gasteiger partial charge in [0.2, 0.25) is 0 Å². The molecule has 2 rings (SSSR count). The third-order valence-electron chi connectivity index (χ3n) is 3.83. The third-order valence-corrected chi connectivity index (χ3v) is 3.83. The molecule has 106 valence electrons. The molecular formula is C15H24N2O2. The predicted molar refractivity (Wildman–Crippen MR) is 76.9 cm³/mol. The molecule has 1 fully saturated rings. The van der Waals surface area contributed by atoms with Crippen molar-refractivity contribution in [2.75, 3.05) is 34.4 Å². The van der Waals surface area contributed by atoms with Crippen molar-refractivity contribution in [2.24, 2.45) is 5.73 Å². The average molecular weight is 264 g/mol. The molecule has 1 unspecified atom stereocenters. The molecule has 0 saturated carbocycles. The molecule has 1 aromatic carbocycles. The molecule has 0 aliphatic carbocycles. The minimum absolute atomic E-state index is 0.174. The van der Waals surface area contributed by atoms with Gasteiger partial charge in [-0.2, -0.15) is 0 Å². The zero-order valence-corrected chi connectivity index (χ0v) is 12.1. The zero-order valence-electron chi connectivity index (χ0n) is 12.1. The smallest absolute Gasteiger partial charge is 0.122 e. The van der Waals surface area contributed by atoms with Gasteiger partial charge in [-0.3, -0.25) is 0 Å². The Morgan fingerprint density at radius 3 is 2.74 bits per heavy atom. The number of hydrogen-bond donors (Lipinski definition) is 1. The summed E-state index contributed by atoms with van der Waals surface area (Å²) < 4.78 is 10.7. The molecule has 0 aromatic heterocycles. The Kier molecular flexibility index (Phi) is 4.32. The first kappa shape index (κ1) is 14.2. The van der Waals surface area contributed by atoms with Gasteiger partial charge in [-0.25, -0.2) is 0 Å². The first-order valence-electron chi connectivity index (χ1n) is 6.75. The van der Waals surface area contributed by atoms with Gasteiger partial charge in [0.25, 0.3) is 0 Å². The van der Waals surface area contributed by atoms with E-state index in [0.29, 0.717) is 0 Å². The maximum absolute atomic E-state index is 6.56. The number of likely N-dealkylation sites (tertiary alicyclic amines) is 1. The van der Waals surface area contributed by atoms with E-state index < -0.39 is 0 Å². The molecule has 1 saturated heterocycles. The van der Waals surface area contributed by atoms with Crippen LogP contribution in [-0.2, 0) is 6.42 Å². The Bertz CT molecular complexity index is 436. The molecule has 2 N–H and O–H groups in total. The normalized spacial score (nSPS) is 24.2. The summed E-state index contributed by atoms with van der Waals surface area (Å²) in [6.45, 7) is 2.06. The lowest BCUT2D eigenvalue weighted by atomic mass is 9.84. The van der Waals surface area contributed by atoms with Gasteiger partial charge >= 0.3 is 0 Å². The highest BCUT2D eigenvalue weighted by Gasteiger charge is 2.31. The second-order valence-electron chi connectivity index (χ2n) is 5.56. The van der Waals surface area contributed by atoms with Crippen LogP contribution in [0.1, 0.15) is 18.4 Å². The summed E-state index contributed by atoms with van der Waals surface area (Å²) in [6.07, 6.45) is 3.02. The van der Waals surface area contributed by atoms with Crippen molar-refractivity contribution in [3.05, 3.63) is 23.8 Å². The van der Waals surface area contributed by atoms with E-state index in [1.54, 1.807) is 14.2 Å². The van der Waals surface area contributed by atoms with Crippen LogP contribution in [0.4, 0.5) is 0 Å². The van der Waals surface area contributed by atoms with Gasteiger partial charge in [0.1, 0.15) is 11.5 Å². The van der Waals surface area contributed by atoms with E-state index in [4.69, 9.17) is 15.2 Å². The van der Waals surface area contributed by atoms with E-state index in [1.165, 1.54) is 0 Å². The molecule has 4 heteroatoms. The SMILES string of the molecule is COc1ccc(OC)c(CC2(N)CCCN(C)C2)c1. The lowest BCUT2D eigenvalue weighted by Gasteiger charge is -2.39. The van der Waals surface area contributed by atoms with Crippen LogP contribution in [0.5, 0.6) is 11.5 Å². The van der Waals surface area contributed by atoms with E-state index in [-0.39, 0.29) is 5.54 Å². The topological polar surface area (TPSA) is 47.7 Å². The molecule has 0 bridgehead atoms. The van der Waals surface area contributed by atoms with Crippen molar-refractivity contribution in [1.29, 1.82) is 0 Å². The van der Waals surface area contributed by atoms with Gasteiger partial charge in [0, 0.05) is 12.1 Å². The maximum Gasteiger partial charge on any atom is 0.122 e. The summed E-state index contributed by atoms with van der Waals surface area (Å²) in [5.41, 5.74) is 7.51.